The van der Waals surface area contributed by atoms with Crippen molar-refractivity contribution >= 4 is 28.5 Å². The SMILES string of the molecule is C=C(C)/C=C(\C=C/CF)c1c(/C=C/C2CC(O)CC(=O)O2)c(C2CC2)nc2ccccc12. The van der Waals surface area contributed by atoms with Crippen molar-refractivity contribution in [2.24, 2.45) is 0 Å². The Hall–Kier alpha value is -3.05. The lowest BCUT2D eigenvalue weighted by Crippen LogP contribution is -2.31. The van der Waals surface area contributed by atoms with Gasteiger partial charge in [-0.05, 0) is 37.5 Å². The second-order valence-electron chi connectivity index (χ2n) is 8.56. The number of carbonyl (C=O) groups is 1. The quantitative estimate of drug-likeness (QED) is 0.451. The van der Waals surface area contributed by atoms with Crippen LogP contribution in [0.5, 0.6) is 0 Å². The smallest absolute Gasteiger partial charge is 0.309 e. The Morgan fingerprint density at radius 2 is 2.12 bits per heavy atom. The van der Waals surface area contributed by atoms with Crippen LogP contribution in [0, 0.1) is 0 Å². The van der Waals surface area contributed by atoms with Crippen LogP contribution in [-0.2, 0) is 9.53 Å². The van der Waals surface area contributed by atoms with Gasteiger partial charge in [-0.2, -0.15) is 0 Å². The minimum atomic E-state index is -0.700. The van der Waals surface area contributed by atoms with E-state index >= 15 is 0 Å². The number of aliphatic hydroxyl groups is 1. The molecule has 4 rings (SSSR count). The van der Waals surface area contributed by atoms with Gasteiger partial charge < -0.3 is 9.84 Å². The van der Waals surface area contributed by atoms with E-state index in [1.807, 2.05) is 49.4 Å². The van der Waals surface area contributed by atoms with Crippen molar-refractivity contribution in [3.05, 3.63) is 77.5 Å². The normalized spacial score (nSPS) is 22.1. The summed E-state index contributed by atoms with van der Waals surface area (Å²) in [5, 5.41) is 10.9. The molecule has 0 spiro atoms. The molecule has 5 heteroatoms. The van der Waals surface area contributed by atoms with Gasteiger partial charge in [-0.3, -0.25) is 9.78 Å². The Bertz CT molecular complexity index is 1130. The van der Waals surface area contributed by atoms with Crippen molar-refractivity contribution in [2.75, 3.05) is 6.67 Å². The van der Waals surface area contributed by atoms with E-state index in [9.17, 15) is 14.3 Å². The molecular weight excluding hydrogens is 405 g/mol. The summed E-state index contributed by atoms with van der Waals surface area (Å²) in [6.45, 7) is 5.37. The molecule has 2 atom stereocenters. The molecule has 2 aromatic rings. The van der Waals surface area contributed by atoms with E-state index in [1.54, 1.807) is 6.08 Å². The maximum absolute atomic E-state index is 13.1. The maximum atomic E-state index is 13.1. The zero-order chi connectivity index (χ0) is 22.7. The predicted molar refractivity (Wildman–Crippen MR) is 126 cm³/mol. The Labute approximate surface area is 187 Å². The van der Waals surface area contributed by atoms with Crippen LogP contribution in [0.4, 0.5) is 4.39 Å². The second-order valence-corrected chi connectivity index (χ2v) is 8.56. The van der Waals surface area contributed by atoms with Crippen molar-refractivity contribution in [1.29, 1.82) is 0 Å². The number of aliphatic hydroxyl groups excluding tert-OH is 1. The molecule has 2 fully saturated rings. The minimum absolute atomic E-state index is 0.0277. The Morgan fingerprint density at radius 1 is 1.34 bits per heavy atom. The fourth-order valence-corrected chi connectivity index (χ4v) is 4.16. The molecule has 1 aliphatic heterocycles. The highest BCUT2D eigenvalue weighted by atomic mass is 19.1. The number of aromatic nitrogens is 1. The molecule has 1 aromatic carbocycles. The van der Waals surface area contributed by atoms with E-state index in [2.05, 4.69) is 6.58 Å². The standard InChI is InChI=1S/C27H28FNO3/c1-17(2)14-19(6-5-13-28)26-22-7-3-4-8-24(22)29-27(18-9-10-18)23(26)12-11-21-15-20(30)16-25(31)32-21/h3-8,11-12,14,18,20-21,30H,1,9-10,13,15-16H2,2H3/b6-5-,12-11+,19-14+. The van der Waals surface area contributed by atoms with Gasteiger partial charge >= 0.3 is 5.97 Å². The van der Waals surface area contributed by atoms with Crippen molar-refractivity contribution in [2.45, 2.75) is 50.7 Å². The number of rotatable bonds is 7. The predicted octanol–water partition coefficient (Wildman–Crippen LogP) is 5.68. The number of esters is 1. The Balaban J connectivity index is 1.91. The fraction of sp³-hybridized carbons (Fsp3) is 0.333. The van der Waals surface area contributed by atoms with Gasteiger partial charge in [0.15, 0.2) is 0 Å². The van der Waals surface area contributed by atoms with Crippen molar-refractivity contribution in [1.82, 2.24) is 4.98 Å². The summed E-state index contributed by atoms with van der Waals surface area (Å²) in [5.74, 6) is -0.0276. The van der Waals surface area contributed by atoms with Crippen LogP contribution in [-0.4, -0.2) is 34.9 Å². The number of nitrogens with zero attached hydrogens (tertiary/aromatic N) is 1. The third-order valence-electron chi connectivity index (χ3n) is 5.67. The average Bonchev–Trinajstić information content (AvgIpc) is 3.59. The molecular formula is C27H28FNO3. The number of allylic oxidation sites excluding steroid dienone is 5. The number of benzene rings is 1. The summed E-state index contributed by atoms with van der Waals surface area (Å²) in [6, 6.07) is 7.95. The van der Waals surface area contributed by atoms with Crippen LogP contribution >= 0.6 is 0 Å². The zero-order valence-electron chi connectivity index (χ0n) is 18.3. The number of cyclic esters (lactones) is 1. The zero-order valence-corrected chi connectivity index (χ0v) is 18.3. The number of pyridine rings is 1. The molecule has 0 radical (unpaired) electrons. The summed E-state index contributed by atoms with van der Waals surface area (Å²) in [4.78, 5) is 16.8. The third-order valence-corrected chi connectivity index (χ3v) is 5.67. The molecule has 0 amide bonds. The molecule has 32 heavy (non-hydrogen) atoms. The van der Waals surface area contributed by atoms with Gasteiger partial charge in [-0.1, -0.05) is 54.7 Å². The number of hydrogen-bond donors (Lipinski definition) is 1. The summed E-state index contributed by atoms with van der Waals surface area (Å²) in [7, 11) is 0. The van der Waals surface area contributed by atoms with Gasteiger partial charge in [0.1, 0.15) is 12.8 Å². The highest BCUT2D eigenvalue weighted by Gasteiger charge is 2.30. The first-order valence-electron chi connectivity index (χ1n) is 11.0. The van der Waals surface area contributed by atoms with Crippen molar-refractivity contribution in [3.63, 3.8) is 0 Å². The van der Waals surface area contributed by atoms with E-state index in [0.717, 1.165) is 51.7 Å². The minimum Gasteiger partial charge on any atom is -0.458 e. The summed E-state index contributed by atoms with van der Waals surface area (Å²) < 4.78 is 18.5. The third kappa shape index (κ3) is 5.05. The Kier molecular flexibility index (Phi) is 6.66. The van der Waals surface area contributed by atoms with Crippen LogP contribution in [0.3, 0.4) is 0 Å². The van der Waals surface area contributed by atoms with Gasteiger partial charge in [0.05, 0.1) is 23.7 Å². The highest BCUT2D eigenvalue weighted by Crippen LogP contribution is 2.44. The maximum Gasteiger partial charge on any atom is 0.309 e. The number of halogens is 1. The van der Waals surface area contributed by atoms with E-state index in [-0.39, 0.29) is 6.42 Å². The molecule has 1 N–H and O–H groups in total. The molecule has 166 valence electrons. The number of para-hydroxylation sites is 1. The van der Waals surface area contributed by atoms with Crippen molar-refractivity contribution < 1.29 is 19.0 Å². The lowest BCUT2D eigenvalue weighted by Gasteiger charge is -2.24. The number of alkyl halides is 1. The van der Waals surface area contributed by atoms with Gasteiger partial charge in [0.2, 0.25) is 0 Å². The summed E-state index contributed by atoms with van der Waals surface area (Å²) >= 11 is 0. The largest absolute Gasteiger partial charge is 0.458 e. The lowest BCUT2D eigenvalue weighted by molar-refractivity contribution is -0.156. The molecule has 2 aliphatic rings. The summed E-state index contributed by atoms with van der Waals surface area (Å²) in [5.41, 5.74) is 5.51. The average molecular weight is 434 g/mol. The van der Waals surface area contributed by atoms with Gasteiger partial charge in [0.25, 0.3) is 0 Å². The van der Waals surface area contributed by atoms with Gasteiger partial charge in [-0.25, -0.2) is 4.39 Å². The van der Waals surface area contributed by atoms with E-state index in [1.165, 1.54) is 6.08 Å². The molecule has 2 unspecified atom stereocenters. The topological polar surface area (TPSA) is 59.4 Å². The number of ether oxygens (including phenoxy) is 1. The number of carbonyl (C=O) groups excluding carboxylic acids is 1. The lowest BCUT2D eigenvalue weighted by atomic mass is 9.90. The first-order chi connectivity index (χ1) is 15.5. The first kappa shape index (κ1) is 22.2. The number of fused-ring (bicyclic) bond motifs is 1. The van der Waals surface area contributed by atoms with Gasteiger partial charge in [-0.15, -0.1) is 0 Å². The molecule has 0 bridgehead atoms. The molecule has 2 heterocycles. The number of hydrogen-bond acceptors (Lipinski definition) is 4. The Morgan fingerprint density at radius 3 is 2.81 bits per heavy atom. The summed E-state index contributed by atoms with van der Waals surface area (Å²) in [6.07, 6.45) is 10.4. The molecule has 1 aliphatic carbocycles. The molecule has 1 saturated heterocycles. The van der Waals surface area contributed by atoms with Crippen LogP contribution < -0.4 is 0 Å². The second kappa shape index (κ2) is 9.61. The first-order valence-corrected chi connectivity index (χ1v) is 11.0. The highest BCUT2D eigenvalue weighted by molar-refractivity contribution is 5.99. The molecule has 4 nitrogen and oxygen atoms in total. The van der Waals surface area contributed by atoms with Crippen molar-refractivity contribution in [3.8, 4) is 0 Å². The van der Waals surface area contributed by atoms with E-state index in [0.29, 0.717) is 12.3 Å². The van der Waals surface area contributed by atoms with Crippen LogP contribution in [0.25, 0.3) is 22.6 Å². The van der Waals surface area contributed by atoms with E-state index < -0.39 is 24.9 Å². The fourth-order valence-electron chi connectivity index (χ4n) is 4.16. The molecule has 1 saturated carbocycles. The molecule has 1 aromatic heterocycles. The van der Waals surface area contributed by atoms with E-state index in [4.69, 9.17) is 9.72 Å². The van der Waals surface area contributed by atoms with Crippen LogP contribution in [0.15, 0.2) is 60.7 Å². The monoisotopic (exact) mass is 433 g/mol. The van der Waals surface area contributed by atoms with Crippen LogP contribution in [0.2, 0.25) is 0 Å². The van der Waals surface area contributed by atoms with Gasteiger partial charge in [0, 0.05) is 28.9 Å². The van der Waals surface area contributed by atoms with Crippen LogP contribution in [0.1, 0.15) is 55.3 Å².